The summed E-state index contributed by atoms with van der Waals surface area (Å²) in [6, 6.07) is 4.08. The second-order valence-electron chi connectivity index (χ2n) is 4.38. The maximum Gasteiger partial charge on any atom is 0.306 e. The minimum absolute atomic E-state index is 0.239. The number of hydrogen-bond donors (Lipinski definition) is 3. The fourth-order valence-corrected chi connectivity index (χ4v) is 1.65. The average Bonchev–Trinajstić information content (AvgIpc) is 2.20. The molecule has 0 bridgehead atoms. The molecule has 0 spiro atoms. The van der Waals surface area contributed by atoms with Gasteiger partial charge >= 0.3 is 5.97 Å². The third-order valence-corrected chi connectivity index (χ3v) is 2.78. The standard InChI is InChI=1S/C13H19NO3/c1-8-4-10(3)12(5-9(8)2)14-7-11(15)6-13(16)17/h4-5,11,14-15H,6-7H2,1-3H3,(H,16,17). The fourth-order valence-electron chi connectivity index (χ4n) is 1.65. The number of nitrogens with one attached hydrogen (secondary N) is 1. The summed E-state index contributed by atoms with van der Waals surface area (Å²) in [5.41, 5.74) is 4.43. The van der Waals surface area contributed by atoms with Gasteiger partial charge in [0, 0.05) is 12.2 Å². The third kappa shape index (κ3) is 4.07. The molecule has 0 saturated heterocycles. The molecule has 1 rings (SSSR count). The summed E-state index contributed by atoms with van der Waals surface area (Å²) >= 11 is 0. The predicted octanol–water partition coefficient (Wildman–Crippen LogP) is 1.86. The van der Waals surface area contributed by atoms with E-state index in [0.717, 1.165) is 11.3 Å². The van der Waals surface area contributed by atoms with Crippen molar-refractivity contribution in [3.05, 3.63) is 28.8 Å². The van der Waals surface area contributed by atoms with Crippen molar-refractivity contribution in [3.63, 3.8) is 0 Å². The van der Waals surface area contributed by atoms with Gasteiger partial charge in [-0.25, -0.2) is 0 Å². The van der Waals surface area contributed by atoms with E-state index >= 15 is 0 Å². The van der Waals surface area contributed by atoms with E-state index in [4.69, 9.17) is 5.11 Å². The number of aryl methyl sites for hydroxylation is 3. The van der Waals surface area contributed by atoms with E-state index in [1.165, 1.54) is 11.1 Å². The van der Waals surface area contributed by atoms with Crippen molar-refractivity contribution in [2.24, 2.45) is 0 Å². The van der Waals surface area contributed by atoms with Gasteiger partial charge in [0.15, 0.2) is 0 Å². The Labute approximate surface area is 101 Å². The van der Waals surface area contributed by atoms with Crippen LogP contribution in [-0.2, 0) is 4.79 Å². The Morgan fingerprint density at radius 1 is 1.24 bits per heavy atom. The Morgan fingerprint density at radius 2 is 1.82 bits per heavy atom. The van der Waals surface area contributed by atoms with E-state index in [-0.39, 0.29) is 13.0 Å². The molecule has 4 heteroatoms. The highest BCUT2D eigenvalue weighted by atomic mass is 16.4. The number of aliphatic carboxylic acids is 1. The van der Waals surface area contributed by atoms with Gasteiger partial charge in [-0.3, -0.25) is 4.79 Å². The monoisotopic (exact) mass is 237 g/mol. The maximum absolute atomic E-state index is 10.4. The predicted molar refractivity (Wildman–Crippen MR) is 67.4 cm³/mol. The summed E-state index contributed by atoms with van der Waals surface area (Å²) in [7, 11) is 0. The molecule has 1 unspecified atom stereocenters. The number of carboxylic acid groups (broad SMARTS) is 1. The van der Waals surface area contributed by atoms with Crippen molar-refractivity contribution in [1.82, 2.24) is 0 Å². The number of aliphatic hydroxyl groups excluding tert-OH is 1. The number of hydrogen-bond acceptors (Lipinski definition) is 3. The number of carboxylic acids is 1. The number of aliphatic hydroxyl groups is 1. The van der Waals surface area contributed by atoms with Crippen LogP contribution in [0.5, 0.6) is 0 Å². The van der Waals surface area contributed by atoms with Crippen molar-refractivity contribution >= 4 is 11.7 Å². The van der Waals surface area contributed by atoms with Gasteiger partial charge in [0.05, 0.1) is 12.5 Å². The Morgan fingerprint density at radius 3 is 2.41 bits per heavy atom. The van der Waals surface area contributed by atoms with E-state index < -0.39 is 12.1 Å². The van der Waals surface area contributed by atoms with E-state index in [1.54, 1.807) is 0 Å². The third-order valence-electron chi connectivity index (χ3n) is 2.78. The first-order chi connectivity index (χ1) is 7.90. The van der Waals surface area contributed by atoms with Gasteiger partial charge < -0.3 is 15.5 Å². The molecule has 0 heterocycles. The molecule has 0 fully saturated rings. The molecule has 1 atom stereocenters. The smallest absolute Gasteiger partial charge is 0.306 e. The topological polar surface area (TPSA) is 69.6 Å². The Balaban J connectivity index is 2.63. The second kappa shape index (κ2) is 5.68. The van der Waals surface area contributed by atoms with Gasteiger partial charge in [0.2, 0.25) is 0 Å². The van der Waals surface area contributed by atoms with Crippen LogP contribution < -0.4 is 5.32 Å². The molecular formula is C13H19NO3. The number of carbonyl (C=O) groups is 1. The molecule has 0 amide bonds. The lowest BCUT2D eigenvalue weighted by atomic mass is 10.0. The summed E-state index contributed by atoms with van der Waals surface area (Å²) in [4.78, 5) is 10.4. The first kappa shape index (κ1) is 13.5. The fraction of sp³-hybridized carbons (Fsp3) is 0.462. The summed E-state index contributed by atoms with van der Waals surface area (Å²) in [5, 5.41) is 21.1. The largest absolute Gasteiger partial charge is 0.481 e. The molecular weight excluding hydrogens is 218 g/mol. The molecule has 1 aromatic carbocycles. The lowest BCUT2D eigenvalue weighted by Crippen LogP contribution is -2.23. The van der Waals surface area contributed by atoms with Crippen LogP contribution in [0.3, 0.4) is 0 Å². The van der Waals surface area contributed by atoms with Crippen molar-refractivity contribution in [2.45, 2.75) is 33.3 Å². The van der Waals surface area contributed by atoms with Crippen molar-refractivity contribution in [3.8, 4) is 0 Å². The van der Waals surface area contributed by atoms with Crippen LogP contribution in [0.2, 0.25) is 0 Å². The molecule has 0 aromatic heterocycles. The zero-order valence-corrected chi connectivity index (χ0v) is 10.4. The molecule has 1 aromatic rings. The molecule has 0 saturated carbocycles. The molecule has 0 radical (unpaired) electrons. The minimum atomic E-state index is -0.990. The van der Waals surface area contributed by atoms with Crippen LogP contribution in [-0.4, -0.2) is 28.8 Å². The highest BCUT2D eigenvalue weighted by Crippen LogP contribution is 2.19. The van der Waals surface area contributed by atoms with Crippen LogP contribution >= 0.6 is 0 Å². The van der Waals surface area contributed by atoms with Crippen LogP contribution in [0.4, 0.5) is 5.69 Å². The lowest BCUT2D eigenvalue weighted by Gasteiger charge is -2.14. The van der Waals surface area contributed by atoms with Gasteiger partial charge in [-0.15, -0.1) is 0 Å². The maximum atomic E-state index is 10.4. The van der Waals surface area contributed by atoms with Crippen molar-refractivity contribution in [2.75, 3.05) is 11.9 Å². The van der Waals surface area contributed by atoms with E-state index in [1.807, 2.05) is 26.8 Å². The van der Waals surface area contributed by atoms with Gasteiger partial charge in [0.25, 0.3) is 0 Å². The molecule has 0 aliphatic rings. The Kier molecular flexibility index (Phi) is 4.52. The average molecular weight is 237 g/mol. The van der Waals surface area contributed by atoms with Crippen LogP contribution in [0.15, 0.2) is 12.1 Å². The molecule has 17 heavy (non-hydrogen) atoms. The number of anilines is 1. The highest BCUT2D eigenvalue weighted by Gasteiger charge is 2.10. The molecule has 0 aliphatic carbocycles. The van der Waals surface area contributed by atoms with Crippen molar-refractivity contribution < 1.29 is 15.0 Å². The van der Waals surface area contributed by atoms with Gasteiger partial charge in [-0.05, 0) is 43.5 Å². The molecule has 3 N–H and O–H groups in total. The van der Waals surface area contributed by atoms with E-state index in [2.05, 4.69) is 11.4 Å². The summed E-state index contributed by atoms with van der Waals surface area (Å²) < 4.78 is 0. The zero-order chi connectivity index (χ0) is 13.0. The second-order valence-corrected chi connectivity index (χ2v) is 4.38. The first-order valence-corrected chi connectivity index (χ1v) is 5.61. The van der Waals surface area contributed by atoms with Crippen molar-refractivity contribution in [1.29, 1.82) is 0 Å². The Bertz CT molecular complexity index is 415. The number of rotatable bonds is 5. The van der Waals surface area contributed by atoms with E-state index in [9.17, 15) is 9.90 Å². The minimum Gasteiger partial charge on any atom is -0.481 e. The highest BCUT2D eigenvalue weighted by molar-refractivity contribution is 5.67. The van der Waals surface area contributed by atoms with Crippen LogP contribution in [0.1, 0.15) is 23.1 Å². The normalized spacial score (nSPS) is 12.2. The quantitative estimate of drug-likeness (QED) is 0.731. The van der Waals surface area contributed by atoms with Gasteiger partial charge in [-0.1, -0.05) is 6.07 Å². The van der Waals surface area contributed by atoms with Crippen LogP contribution in [0.25, 0.3) is 0 Å². The zero-order valence-electron chi connectivity index (χ0n) is 10.4. The van der Waals surface area contributed by atoms with Gasteiger partial charge in [0.1, 0.15) is 0 Å². The molecule has 4 nitrogen and oxygen atoms in total. The number of benzene rings is 1. The first-order valence-electron chi connectivity index (χ1n) is 5.61. The Hall–Kier alpha value is -1.55. The molecule has 94 valence electrons. The van der Waals surface area contributed by atoms with Gasteiger partial charge in [-0.2, -0.15) is 0 Å². The molecule has 0 aliphatic heterocycles. The summed E-state index contributed by atoms with van der Waals surface area (Å²) in [6.07, 6.45) is -1.11. The summed E-state index contributed by atoms with van der Waals surface area (Å²) in [5.74, 6) is -0.990. The summed E-state index contributed by atoms with van der Waals surface area (Å²) in [6.45, 7) is 6.30. The van der Waals surface area contributed by atoms with E-state index in [0.29, 0.717) is 0 Å². The van der Waals surface area contributed by atoms with Crippen LogP contribution in [0, 0.1) is 20.8 Å². The SMILES string of the molecule is Cc1cc(C)c(NCC(O)CC(=O)O)cc1C. The lowest BCUT2D eigenvalue weighted by molar-refractivity contribution is -0.138.